The fourth-order valence-corrected chi connectivity index (χ4v) is 3.96. The molecule has 3 aromatic rings. The quantitative estimate of drug-likeness (QED) is 0.630. The molecule has 0 saturated carbocycles. The van der Waals surface area contributed by atoms with E-state index in [1.807, 2.05) is 19.9 Å². The van der Waals surface area contributed by atoms with Crippen LogP contribution in [0.5, 0.6) is 0 Å². The molecule has 1 aromatic heterocycles. The summed E-state index contributed by atoms with van der Waals surface area (Å²) in [5.74, 6) is -1.01. The highest BCUT2D eigenvalue weighted by atomic mass is 19.1. The molecule has 2 amide bonds. The Kier molecular flexibility index (Phi) is 6.03. The Morgan fingerprint density at radius 2 is 1.72 bits per heavy atom. The Morgan fingerprint density at radius 3 is 2.44 bits per heavy atom. The first-order chi connectivity index (χ1) is 15.3. The van der Waals surface area contributed by atoms with E-state index in [1.54, 1.807) is 38.7 Å². The second-order valence-corrected chi connectivity index (χ2v) is 8.27. The minimum Gasteiger partial charge on any atom is -0.339 e. The minimum atomic E-state index is -0.586. The van der Waals surface area contributed by atoms with Crippen molar-refractivity contribution in [2.45, 2.75) is 20.4 Å². The molecule has 0 aliphatic carbocycles. The number of hydrogen-bond donors (Lipinski definition) is 0. The van der Waals surface area contributed by atoms with Crippen LogP contribution in [0.1, 0.15) is 29.8 Å². The molecule has 0 radical (unpaired) electrons. The van der Waals surface area contributed by atoms with Gasteiger partial charge < -0.3 is 9.80 Å². The summed E-state index contributed by atoms with van der Waals surface area (Å²) >= 11 is 0. The van der Waals surface area contributed by atoms with E-state index >= 15 is 0 Å². The molecule has 7 nitrogen and oxygen atoms in total. The predicted octanol–water partition coefficient (Wildman–Crippen LogP) is 2.52. The Hall–Kier alpha value is -3.55. The molecule has 1 aliphatic rings. The van der Waals surface area contributed by atoms with Crippen molar-refractivity contribution in [1.82, 2.24) is 19.6 Å². The van der Waals surface area contributed by atoms with Crippen LogP contribution < -0.4 is 5.43 Å². The molecule has 0 N–H and O–H groups in total. The van der Waals surface area contributed by atoms with Gasteiger partial charge in [0.05, 0.1) is 23.8 Å². The van der Waals surface area contributed by atoms with Gasteiger partial charge in [0.25, 0.3) is 5.91 Å². The van der Waals surface area contributed by atoms with E-state index in [2.05, 4.69) is 5.10 Å². The standard InChI is InChI=1S/C24H25FN4O3/c1-16(2)23(31)27-9-11-28(12-10-27)24(32)19-13-17(7-8-20(19)25)15-29-21-6-4-3-5-18(21)22(30)14-26-29/h3-8,13-14,16H,9-12,15H2,1-2H3. The zero-order chi connectivity index (χ0) is 22.8. The smallest absolute Gasteiger partial charge is 0.256 e. The van der Waals surface area contributed by atoms with Crippen molar-refractivity contribution in [3.05, 3.63) is 75.8 Å². The molecule has 2 heterocycles. The number of para-hydroxylation sites is 1. The van der Waals surface area contributed by atoms with Gasteiger partial charge in [-0.05, 0) is 29.8 Å². The van der Waals surface area contributed by atoms with E-state index < -0.39 is 11.7 Å². The Morgan fingerprint density at radius 1 is 1.03 bits per heavy atom. The highest BCUT2D eigenvalue weighted by Gasteiger charge is 2.27. The molecule has 0 unspecified atom stereocenters. The normalized spacial score (nSPS) is 14.2. The maximum Gasteiger partial charge on any atom is 0.256 e. The molecule has 1 aliphatic heterocycles. The number of fused-ring (bicyclic) bond motifs is 1. The minimum absolute atomic E-state index is 0.00325. The van der Waals surface area contributed by atoms with Crippen LogP contribution in [-0.2, 0) is 11.3 Å². The monoisotopic (exact) mass is 436 g/mol. The van der Waals surface area contributed by atoms with E-state index in [1.165, 1.54) is 18.3 Å². The molecule has 2 aromatic carbocycles. The summed E-state index contributed by atoms with van der Waals surface area (Å²) in [5.41, 5.74) is 1.20. The van der Waals surface area contributed by atoms with E-state index in [-0.39, 0.29) is 29.4 Å². The molecule has 1 fully saturated rings. The van der Waals surface area contributed by atoms with E-state index in [0.29, 0.717) is 42.6 Å². The van der Waals surface area contributed by atoms with Crippen LogP contribution in [0, 0.1) is 11.7 Å². The molecule has 1 saturated heterocycles. The van der Waals surface area contributed by atoms with E-state index in [0.717, 1.165) is 0 Å². The first kappa shape index (κ1) is 21.7. The van der Waals surface area contributed by atoms with E-state index in [4.69, 9.17) is 0 Å². The summed E-state index contributed by atoms with van der Waals surface area (Å²) in [7, 11) is 0. The number of carbonyl (C=O) groups excluding carboxylic acids is 2. The summed E-state index contributed by atoms with van der Waals surface area (Å²) < 4.78 is 16.2. The molecular formula is C24H25FN4O3. The van der Waals surface area contributed by atoms with Crippen LogP contribution in [0.4, 0.5) is 4.39 Å². The van der Waals surface area contributed by atoms with Crippen molar-refractivity contribution < 1.29 is 14.0 Å². The summed E-state index contributed by atoms with van der Waals surface area (Å²) in [6, 6.07) is 11.6. The molecule has 0 bridgehead atoms. The van der Waals surface area contributed by atoms with Crippen molar-refractivity contribution in [2.75, 3.05) is 26.2 Å². The molecule has 0 spiro atoms. The Bertz CT molecular complexity index is 1230. The zero-order valence-corrected chi connectivity index (χ0v) is 18.1. The first-order valence-corrected chi connectivity index (χ1v) is 10.7. The van der Waals surface area contributed by atoms with Gasteiger partial charge in [0.15, 0.2) is 0 Å². The topological polar surface area (TPSA) is 75.5 Å². The van der Waals surface area contributed by atoms with Crippen molar-refractivity contribution in [1.29, 1.82) is 0 Å². The summed E-state index contributed by atoms with van der Waals surface area (Å²) in [5, 5.41) is 4.76. The van der Waals surface area contributed by atoms with Crippen molar-refractivity contribution in [2.24, 2.45) is 5.92 Å². The van der Waals surface area contributed by atoms with Gasteiger partial charge in [-0.1, -0.05) is 32.0 Å². The van der Waals surface area contributed by atoms with Gasteiger partial charge in [0.1, 0.15) is 5.82 Å². The third kappa shape index (κ3) is 4.26. The number of amides is 2. The van der Waals surface area contributed by atoms with Gasteiger partial charge in [0, 0.05) is 37.5 Å². The lowest BCUT2D eigenvalue weighted by molar-refractivity contribution is -0.135. The highest BCUT2D eigenvalue weighted by Crippen LogP contribution is 2.18. The molecular weight excluding hydrogens is 411 g/mol. The number of halogens is 1. The van der Waals surface area contributed by atoms with Crippen molar-refractivity contribution in [3.63, 3.8) is 0 Å². The lowest BCUT2D eigenvalue weighted by atomic mass is 10.1. The lowest BCUT2D eigenvalue weighted by Crippen LogP contribution is -2.51. The summed E-state index contributed by atoms with van der Waals surface area (Å²) in [6.07, 6.45) is 1.26. The zero-order valence-electron chi connectivity index (χ0n) is 18.1. The number of carbonyl (C=O) groups is 2. The fourth-order valence-electron chi connectivity index (χ4n) is 3.96. The Balaban J connectivity index is 1.54. The van der Waals surface area contributed by atoms with Crippen LogP contribution in [-0.4, -0.2) is 57.6 Å². The van der Waals surface area contributed by atoms with E-state index in [9.17, 15) is 18.8 Å². The molecule has 8 heteroatoms. The van der Waals surface area contributed by atoms with Crippen LogP contribution in [0.15, 0.2) is 53.5 Å². The Labute approximate surface area is 185 Å². The second kappa shape index (κ2) is 8.90. The number of benzene rings is 2. The van der Waals surface area contributed by atoms with Gasteiger partial charge in [-0.2, -0.15) is 5.10 Å². The van der Waals surface area contributed by atoms with Gasteiger partial charge >= 0.3 is 0 Å². The van der Waals surface area contributed by atoms with Gasteiger partial charge in [0.2, 0.25) is 11.3 Å². The van der Waals surface area contributed by atoms with Crippen LogP contribution >= 0.6 is 0 Å². The number of piperazine rings is 1. The van der Waals surface area contributed by atoms with Crippen molar-refractivity contribution in [3.8, 4) is 0 Å². The maximum absolute atomic E-state index is 14.6. The number of hydrogen-bond acceptors (Lipinski definition) is 4. The van der Waals surface area contributed by atoms with Crippen LogP contribution in [0.2, 0.25) is 0 Å². The van der Waals surface area contributed by atoms with Crippen molar-refractivity contribution >= 4 is 22.7 Å². The van der Waals surface area contributed by atoms with Gasteiger partial charge in [-0.15, -0.1) is 0 Å². The first-order valence-electron chi connectivity index (χ1n) is 10.7. The average molecular weight is 436 g/mol. The fraction of sp³-hybridized carbons (Fsp3) is 0.333. The summed E-state index contributed by atoms with van der Waals surface area (Å²) in [6.45, 7) is 5.61. The predicted molar refractivity (Wildman–Crippen MR) is 119 cm³/mol. The third-order valence-corrected chi connectivity index (χ3v) is 5.73. The second-order valence-electron chi connectivity index (χ2n) is 8.27. The highest BCUT2D eigenvalue weighted by molar-refractivity contribution is 5.95. The van der Waals surface area contributed by atoms with Gasteiger partial charge in [-0.25, -0.2) is 4.39 Å². The largest absolute Gasteiger partial charge is 0.339 e. The number of rotatable bonds is 4. The molecule has 4 rings (SSSR count). The third-order valence-electron chi connectivity index (χ3n) is 5.73. The van der Waals surface area contributed by atoms with Crippen LogP contribution in [0.3, 0.4) is 0 Å². The van der Waals surface area contributed by atoms with Crippen LogP contribution in [0.25, 0.3) is 10.9 Å². The number of nitrogens with zero attached hydrogens (tertiary/aromatic N) is 4. The summed E-state index contributed by atoms with van der Waals surface area (Å²) in [4.78, 5) is 40.6. The number of aromatic nitrogens is 2. The molecule has 0 atom stereocenters. The molecule has 32 heavy (non-hydrogen) atoms. The average Bonchev–Trinajstić information content (AvgIpc) is 2.81. The molecule has 166 valence electrons. The van der Waals surface area contributed by atoms with Gasteiger partial charge in [-0.3, -0.25) is 19.1 Å². The lowest BCUT2D eigenvalue weighted by Gasteiger charge is -2.35. The SMILES string of the molecule is CC(C)C(=O)N1CCN(C(=O)c2cc(Cn3ncc(=O)c4ccccc43)ccc2F)CC1. The maximum atomic E-state index is 14.6.